The van der Waals surface area contributed by atoms with E-state index in [4.69, 9.17) is 11.6 Å². The lowest BCUT2D eigenvalue weighted by atomic mass is 10.1. The molecule has 1 unspecified atom stereocenters. The maximum atomic E-state index is 13.3. The molecule has 102 valence electrons. The van der Waals surface area contributed by atoms with Gasteiger partial charge in [0.1, 0.15) is 11.6 Å². The molecule has 1 aliphatic rings. The Labute approximate surface area is 117 Å². The Kier molecular flexibility index (Phi) is 3.48. The molecule has 3 rings (SSSR count). The molecule has 1 fully saturated rings. The fourth-order valence-corrected chi connectivity index (χ4v) is 2.98. The molecule has 1 aromatic heterocycles. The Morgan fingerprint density at radius 2 is 2.26 bits per heavy atom. The number of imidazole rings is 1. The fraction of sp³-hybridized carbons (Fsp3) is 0.533. The van der Waals surface area contributed by atoms with Gasteiger partial charge in [-0.2, -0.15) is 0 Å². The highest BCUT2D eigenvalue weighted by atomic mass is 35.5. The van der Waals surface area contributed by atoms with Crippen LogP contribution < -0.4 is 0 Å². The Morgan fingerprint density at radius 1 is 1.47 bits per heavy atom. The normalized spacial score (nSPS) is 17.0. The lowest BCUT2D eigenvalue weighted by Crippen LogP contribution is -2.10. The van der Waals surface area contributed by atoms with E-state index in [9.17, 15) is 4.39 Å². The Balaban J connectivity index is 2.04. The molecule has 2 nitrogen and oxygen atoms in total. The number of fused-ring (bicyclic) bond motifs is 1. The molecule has 1 saturated carbocycles. The standard InChI is InChI=1S/C15H18ClFN2/c1-10(8-11-2-3-11)19-14-5-4-12(17)9-13(14)18-15(19)6-7-16/h4-5,9-11H,2-3,6-8H2,1H3. The number of aryl methyl sites for hydroxylation is 1. The number of hydrogen-bond acceptors (Lipinski definition) is 1. The first-order chi connectivity index (χ1) is 9.19. The minimum atomic E-state index is -0.232. The van der Waals surface area contributed by atoms with Gasteiger partial charge < -0.3 is 4.57 Å². The summed E-state index contributed by atoms with van der Waals surface area (Å²) in [5, 5.41) is 0. The minimum Gasteiger partial charge on any atom is -0.325 e. The first-order valence-electron chi connectivity index (χ1n) is 6.91. The molecule has 19 heavy (non-hydrogen) atoms. The van der Waals surface area contributed by atoms with Crippen LogP contribution in [0.1, 0.15) is 38.1 Å². The van der Waals surface area contributed by atoms with Gasteiger partial charge in [-0.3, -0.25) is 0 Å². The number of alkyl halides is 1. The first kappa shape index (κ1) is 12.9. The lowest BCUT2D eigenvalue weighted by Gasteiger charge is -2.17. The smallest absolute Gasteiger partial charge is 0.125 e. The third-order valence-corrected chi connectivity index (χ3v) is 4.04. The van der Waals surface area contributed by atoms with Crippen molar-refractivity contribution in [1.29, 1.82) is 0 Å². The summed E-state index contributed by atoms with van der Waals surface area (Å²) in [7, 11) is 0. The van der Waals surface area contributed by atoms with Gasteiger partial charge in [-0.1, -0.05) is 12.8 Å². The van der Waals surface area contributed by atoms with Crippen LogP contribution in [0.2, 0.25) is 0 Å². The first-order valence-corrected chi connectivity index (χ1v) is 7.45. The second-order valence-corrected chi connectivity index (χ2v) is 5.88. The second kappa shape index (κ2) is 5.12. The van der Waals surface area contributed by atoms with Crippen molar-refractivity contribution in [2.24, 2.45) is 5.92 Å². The van der Waals surface area contributed by atoms with E-state index in [1.54, 1.807) is 0 Å². The molecular weight excluding hydrogens is 263 g/mol. The van der Waals surface area contributed by atoms with E-state index in [0.717, 1.165) is 29.2 Å². The van der Waals surface area contributed by atoms with E-state index in [2.05, 4.69) is 16.5 Å². The summed E-state index contributed by atoms with van der Waals surface area (Å²) in [6.07, 6.45) is 4.60. The van der Waals surface area contributed by atoms with Crippen molar-refractivity contribution in [2.75, 3.05) is 5.88 Å². The zero-order valence-electron chi connectivity index (χ0n) is 11.1. The van der Waals surface area contributed by atoms with E-state index >= 15 is 0 Å². The van der Waals surface area contributed by atoms with E-state index in [1.165, 1.54) is 31.4 Å². The largest absolute Gasteiger partial charge is 0.325 e. The average molecular weight is 281 g/mol. The minimum absolute atomic E-state index is 0.232. The highest BCUT2D eigenvalue weighted by molar-refractivity contribution is 6.17. The molecule has 1 aliphatic carbocycles. The molecule has 0 saturated heterocycles. The average Bonchev–Trinajstić information content (AvgIpc) is 3.09. The van der Waals surface area contributed by atoms with Gasteiger partial charge in [0.05, 0.1) is 11.0 Å². The molecule has 0 bridgehead atoms. The van der Waals surface area contributed by atoms with Crippen molar-refractivity contribution >= 4 is 22.6 Å². The van der Waals surface area contributed by atoms with Crippen molar-refractivity contribution in [1.82, 2.24) is 9.55 Å². The molecule has 1 heterocycles. The van der Waals surface area contributed by atoms with Gasteiger partial charge in [0.15, 0.2) is 0 Å². The fourth-order valence-electron chi connectivity index (χ4n) is 2.82. The van der Waals surface area contributed by atoms with Gasteiger partial charge in [-0.05, 0) is 31.4 Å². The highest BCUT2D eigenvalue weighted by Gasteiger charge is 2.26. The van der Waals surface area contributed by atoms with Crippen molar-refractivity contribution in [2.45, 2.75) is 38.6 Å². The van der Waals surface area contributed by atoms with Gasteiger partial charge in [0.25, 0.3) is 0 Å². The van der Waals surface area contributed by atoms with E-state index < -0.39 is 0 Å². The molecule has 1 aromatic carbocycles. The van der Waals surface area contributed by atoms with Gasteiger partial charge in [0.2, 0.25) is 0 Å². The third kappa shape index (κ3) is 2.62. The van der Waals surface area contributed by atoms with Crippen molar-refractivity contribution in [3.63, 3.8) is 0 Å². The van der Waals surface area contributed by atoms with Gasteiger partial charge >= 0.3 is 0 Å². The number of rotatable bonds is 5. The van der Waals surface area contributed by atoms with Crippen LogP contribution in [0.3, 0.4) is 0 Å². The zero-order chi connectivity index (χ0) is 13.4. The molecule has 0 spiro atoms. The summed E-state index contributed by atoms with van der Waals surface area (Å²) >= 11 is 5.86. The summed E-state index contributed by atoms with van der Waals surface area (Å²) in [6, 6.07) is 5.25. The number of nitrogens with zero attached hydrogens (tertiary/aromatic N) is 2. The van der Waals surface area contributed by atoms with Crippen LogP contribution in [-0.4, -0.2) is 15.4 Å². The Morgan fingerprint density at radius 3 is 2.95 bits per heavy atom. The molecular formula is C15H18ClFN2. The predicted octanol–water partition coefficient (Wildman–Crippen LogP) is 4.32. The zero-order valence-corrected chi connectivity index (χ0v) is 11.8. The van der Waals surface area contributed by atoms with E-state index in [0.29, 0.717) is 11.9 Å². The molecule has 0 amide bonds. The summed E-state index contributed by atoms with van der Waals surface area (Å²) in [4.78, 5) is 4.55. The van der Waals surface area contributed by atoms with Gasteiger partial charge in [-0.15, -0.1) is 11.6 Å². The van der Waals surface area contributed by atoms with Gasteiger partial charge in [-0.25, -0.2) is 9.37 Å². The van der Waals surface area contributed by atoms with Crippen molar-refractivity contribution in [3.8, 4) is 0 Å². The van der Waals surface area contributed by atoms with E-state index in [1.807, 2.05) is 6.07 Å². The van der Waals surface area contributed by atoms with E-state index in [-0.39, 0.29) is 5.82 Å². The maximum Gasteiger partial charge on any atom is 0.125 e. The number of halogens is 2. The monoisotopic (exact) mass is 280 g/mol. The second-order valence-electron chi connectivity index (χ2n) is 5.50. The SMILES string of the molecule is CC(CC1CC1)n1c(CCCl)nc2cc(F)ccc21. The third-order valence-electron chi connectivity index (χ3n) is 3.85. The molecule has 0 aliphatic heterocycles. The number of hydrogen-bond donors (Lipinski definition) is 0. The summed E-state index contributed by atoms with van der Waals surface area (Å²) in [6.45, 7) is 2.22. The molecule has 0 N–H and O–H groups in total. The lowest BCUT2D eigenvalue weighted by molar-refractivity contribution is 0.473. The molecule has 0 radical (unpaired) electrons. The van der Waals surface area contributed by atoms with Crippen LogP contribution in [0.15, 0.2) is 18.2 Å². The van der Waals surface area contributed by atoms with Crippen LogP contribution in [0.25, 0.3) is 11.0 Å². The topological polar surface area (TPSA) is 17.8 Å². The van der Waals surface area contributed by atoms with Gasteiger partial charge in [0, 0.05) is 24.4 Å². The summed E-state index contributed by atoms with van der Waals surface area (Å²) in [5.41, 5.74) is 1.76. The quantitative estimate of drug-likeness (QED) is 0.746. The van der Waals surface area contributed by atoms with Crippen molar-refractivity contribution < 1.29 is 4.39 Å². The predicted molar refractivity (Wildman–Crippen MR) is 76.2 cm³/mol. The maximum absolute atomic E-state index is 13.3. The molecule has 2 aromatic rings. The highest BCUT2D eigenvalue weighted by Crippen LogP contribution is 2.38. The number of aromatic nitrogens is 2. The van der Waals surface area contributed by atoms with Crippen molar-refractivity contribution in [3.05, 3.63) is 29.8 Å². The van der Waals surface area contributed by atoms with Crippen LogP contribution in [0.5, 0.6) is 0 Å². The summed E-state index contributed by atoms with van der Waals surface area (Å²) in [5.74, 6) is 2.15. The number of benzene rings is 1. The van der Waals surface area contributed by atoms with Crippen LogP contribution in [-0.2, 0) is 6.42 Å². The molecule has 4 heteroatoms. The summed E-state index contributed by atoms with van der Waals surface area (Å²) < 4.78 is 15.6. The van der Waals surface area contributed by atoms with Crippen LogP contribution >= 0.6 is 11.6 Å². The Hall–Kier alpha value is -1.09. The Bertz CT molecular complexity index is 589. The molecule has 1 atom stereocenters. The van der Waals surface area contributed by atoms with Crippen LogP contribution in [0.4, 0.5) is 4.39 Å². The van der Waals surface area contributed by atoms with Crippen LogP contribution in [0, 0.1) is 11.7 Å².